The van der Waals surface area contributed by atoms with Crippen LogP contribution in [0.15, 0.2) is 42.5 Å². The number of amides is 2. The molecule has 2 heterocycles. The van der Waals surface area contributed by atoms with Crippen LogP contribution in [0.3, 0.4) is 0 Å². The second kappa shape index (κ2) is 10.0. The summed E-state index contributed by atoms with van der Waals surface area (Å²) >= 11 is 0. The topological polar surface area (TPSA) is 61.9 Å². The zero-order valence-electron chi connectivity index (χ0n) is 18.0. The van der Waals surface area contributed by atoms with E-state index in [2.05, 4.69) is 5.32 Å². The summed E-state index contributed by atoms with van der Waals surface area (Å²) in [7, 11) is 0. The highest BCUT2D eigenvalue weighted by atomic mass is 35.5. The molecule has 0 aliphatic carbocycles. The number of rotatable bonds is 4. The lowest BCUT2D eigenvalue weighted by molar-refractivity contribution is -0.137. The molecule has 0 bridgehead atoms. The molecule has 10 heteroatoms. The van der Waals surface area contributed by atoms with Crippen LogP contribution >= 0.6 is 12.4 Å². The van der Waals surface area contributed by atoms with Gasteiger partial charge in [-0.3, -0.25) is 14.6 Å². The fourth-order valence-electron chi connectivity index (χ4n) is 4.29. The predicted octanol–water partition coefficient (Wildman–Crippen LogP) is 5.00. The Hall–Kier alpha value is -2.78. The Morgan fingerprint density at radius 1 is 1.12 bits per heavy atom. The number of carbonyl (C=O) groups excluding carboxylic acids is 2. The van der Waals surface area contributed by atoms with Crippen molar-refractivity contribution in [3.8, 4) is 0 Å². The number of carbonyl (C=O) groups is 2. The van der Waals surface area contributed by atoms with Crippen LogP contribution in [0.2, 0.25) is 0 Å². The molecule has 2 aliphatic heterocycles. The number of fused-ring (bicyclic) bond motifs is 1. The maximum Gasteiger partial charge on any atom is 0.416 e. The number of ether oxygens (including phenoxy) is 1. The first-order valence-electron chi connectivity index (χ1n) is 10.5. The fraction of sp³-hybridized carbons (Fsp3) is 0.391. The summed E-state index contributed by atoms with van der Waals surface area (Å²) in [6, 6.07) is 10.2. The first-order valence-corrected chi connectivity index (χ1v) is 10.5. The van der Waals surface area contributed by atoms with E-state index in [4.69, 9.17) is 4.74 Å². The number of alkyl halides is 3. The Kier molecular flexibility index (Phi) is 7.54. The van der Waals surface area contributed by atoms with Crippen molar-refractivity contribution in [2.24, 2.45) is 0 Å². The van der Waals surface area contributed by atoms with Gasteiger partial charge in [0, 0.05) is 30.4 Å². The van der Waals surface area contributed by atoms with Crippen LogP contribution in [-0.4, -0.2) is 42.6 Å². The Morgan fingerprint density at radius 3 is 2.42 bits per heavy atom. The summed E-state index contributed by atoms with van der Waals surface area (Å²) in [6.45, 7) is 3.63. The van der Waals surface area contributed by atoms with E-state index in [0.717, 1.165) is 28.9 Å². The number of cyclic esters (lactones) is 1. The van der Waals surface area contributed by atoms with E-state index < -0.39 is 11.7 Å². The molecule has 2 amide bonds. The van der Waals surface area contributed by atoms with Crippen molar-refractivity contribution in [1.82, 2.24) is 4.90 Å². The molecule has 1 fully saturated rings. The molecule has 1 saturated heterocycles. The Balaban J connectivity index is 0.00000306. The summed E-state index contributed by atoms with van der Waals surface area (Å²) in [6.07, 6.45) is -3.37. The zero-order valence-corrected chi connectivity index (χ0v) is 18.8. The minimum absolute atomic E-state index is 0. The van der Waals surface area contributed by atoms with Crippen molar-refractivity contribution in [3.05, 3.63) is 59.2 Å². The molecule has 0 radical (unpaired) electrons. The third-order valence-electron chi connectivity index (χ3n) is 5.90. The third-order valence-corrected chi connectivity index (χ3v) is 5.90. The summed E-state index contributed by atoms with van der Waals surface area (Å²) < 4.78 is 43.3. The molecule has 0 spiro atoms. The monoisotopic (exact) mass is 483 g/mol. The van der Waals surface area contributed by atoms with Crippen molar-refractivity contribution in [1.29, 1.82) is 0 Å². The quantitative estimate of drug-likeness (QED) is 0.665. The molecule has 33 heavy (non-hydrogen) atoms. The molecule has 0 unspecified atom stereocenters. The number of anilines is 2. The smallest absolute Gasteiger partial charge is 0.416 e. The second-order valence-corrected chi connectivity index (χ2v) is 8.14. The van der Waals surface area contributed by atoms with E-state index >= 15 is 0 Å². The average Bonchev–Trinajstić information content (AvgIpc) is 2.75. The van der Waals surface area contributed by atoms with Gasteiger partial charge in [0.2, 0.25) is 5.91 Å². The Morgan fingerprint density at radius 2 is 1.79 bits per heavy atom. The second-order valence-electron chi connectivity index (χ2n) is 8.14. The molecule has 4 rings (SSSR count). The highest BCUT2D eigenvalue weighted by Crippen LogP contribution is 2.34. The van der Waals surface area contributed by atoms with Crippen molar-refractivity contribution in [3.63, 3.8) is 0 Å². The van der Waals surface area contributed by atoms with Crippen LogP contribution in [-0.2, 0) is 22.3 Å². The molecule has 1 N–H and O–H groups in total. The van der Waals surface area contributed by atoms with Gasteiger partial charge in [-0.15, -0.1) is 12.4 Å². The maximum atomic E-state index is 12.7. The van der Waals surface area contributed by atoms with Crippen LogP contribution in [0.1, 0.15) is 29.5 Å². The molecule has 2 aliphatic rings. The number of hydrogen-bond donors (Lipinski definition) is 1. The highest BCUT2D eigenvalue weighted by molar-refractivity contribution is 5.93. The SMILES string of the molecule is Cc1cccc2c1N(C1CCN(CC(=O)Nc3ccc(C(F)(F)F)cc3)CC1)C(=O)OC2.Cl. The van der Waals surface area contributed by atoms with Gasteiger partial charge in [0.1, 0.15) is 6.61 Å². The van der Waals surface area contributed by atoms with Gasteiger partial charge in [-0.1, -0.05) is 18.2 Å². The highest BCUT2D eigenvalue weighted by Gasteiger charge is 2.35. The van der Waals surface area contributed by atoms with Crippen molar-refractivity contribution in [2.45, 2.75) is 38.6 Å². The lowest BCUT2D eigenvalue weighted by atomic mass is 9.99. The van der Waals surface area contributed by atoms with Gasteiger partial charge in [-0.25, -0.2) is 4.79 Å². The first kappa shape index (κ1) is 24.9. The molecule has 2 aromatic carbocycles. The van der Waals surface area contributed by atoms with E-state index in [-0.39, 0.29) is 43.6 Å². The third kappa shape index (κ3) is 5.59. The lowest BCUT2D eigenvalue weighted by Gasteiger charge is -2.40. The summed E-state index contributed by atoms with van der Waals surface area (Å²) in [5.41, 5.74) is 2.49. The standard InChI is InChI=1S/C23H24F3N3O3.ClH/c1-15-3-2-4-16-14-32-22(31)29(21(15)16)19-9-11-28(12-10-19)13-20(30)27-18-7-5-17(6-8-18)23(24,25)26;/h2-8,19H,9-14H2,1H3,(H,27,30);1H. The van der Waals surface area contributed by atoms with E-state index in [9.17, 15) is 22.8 Å². The van der Waals surface area contributed by atoms with Crippen LogP contribution < -0.4 is 10.2 Å². The molecular formula is C23H25ClF3N3O3. The fourth-order valence-corrected chi connectivity index (χ4v) is 4.29. The summed E-state index contributed by atoms with van der Waals surface area (Å²) in [4.78, 5) is 28.6. The molecule has 2 aromatic rings. The molecule has 6 nitrogen and oxygen atoms in total. The van der Waals surface area contributed by atoms with Crippen LogP contribution in [0.4, 0.5) is 29.3 Å². The number of nitrogens with zero attached hydrogens (tertiary/aromatic N) is 2. The van der Waals surface area contributed by atoms with E-state index in [1.54, 1.807) is 4.90 Å². The number of likely N-dealkylation sites (tertiary alicyclic amines) is 1. The van der Waals surface area contributed by atoms with Crippen LogP contribution in [0.25, 0.3) is 0 Å². The summed E-state index contributed by atoms with van der Waals surface area (Å²) in [5.74, 6) is -0.290. The van der Waals surface area contributed by atoms with Crippen LogP contribution in [0, 0.1) is 6.92 Å². The molecule has 0 atom stereocenters. The normalized spacial score (nSPS) is 17.1. The maximum absolute atomic E-state index is 12.7. The molecule has 0 aromatic heterocycles. The zero-order chi connectivity index (χ0) is 22.9. The van der Waals surface area contributed by atoms with Gasteiger partial charge in [0.15, 0.2) is 0 Å². The number of benzene rings is 2. The minimum Gasteiger partial charge on any atom is -0.444 e. The number of halogens is 4. The lowest BCUT2D eigenvalue weighted by Crippen LogP contribution is -2.50. The predicted molar refractivity (Wildman–Crippen MR) is 121 cm³/mol. The molecule has 0 saturated carbocycles. The number of hydrogen-bond acceptors (Lipinski definition) is 4. The van der Waals surface area contributed by atoms with Gasteiger partial charge < -0.3 is 10.1 Å². The number of aryl methyl sites for hydroxylation is 1. The van der Waals surface area contributed by atoms with Crippen molar-refractivity contribution in [2.75, 3.05) is 29.9 Å². The minimum atomic E-state index is -4.41. The largest absolute Gasteiger partial charge is 0.444 e. The van der Waals surface area contributed by atoms with Gasteiger partial charge >= 0.3 is 12.3 Å². The number of nitrogens with one attached hydrogen (secondary N) is 1. The van der Waals surface area contributed by atoms with Gasteiger partial charge in [-0.05, 0) is 49.6 Å². The Bertz CT molecular complexity index is 1010. The van der Waals surface area contributed by atoms with Crippen molar-refractivity contribution >= 4 is 35.8 Å². The van der Waals surface area contributed by atoms with E-state index in [1.807, 2.05) is 30.0 Å². The van der Waals surface area contributed by atoms with Crippen LogP contribution in [0.5, 0.6) is 0 Å². The number of piperidine rings is 1. The number of para-hydroxylation sites is 1. The Labute approximate surface area is 196 Å². The van der Waals surface area contributed by atoms with E-state index in [0.29, 0.717) is 31.6 Å². The molecular weight excluding hydrogens is 459 g/mol. The first-order chi connectivity index (χ1) is 15.2. The average molecular weight is 484 g/mol. The van der Waals surface area contributed by atoms with Gasteiger partial charge in [0.25, 0.3) is 0 Å². The summed E-state index contributed by atoms with van der Waals surface area (Å²) in [5, 5.41) is 2.64. The van der Waals surface area contributed by atoms with Crippen molar-refractivity contribution < 1.29 is 27.5 Å². The molecule has 178 valence electrons. The van der Waals surface area contributed by atoms with Gasteiger partial charge in [0.05, 0.1) is 17.8 Å². The van der Waals surface area contributed by atoms with Gasteiger partial charge in [-0.2, -0.15) is 13.2 Å². The van der Waals surface area contributed by atoms with E-state index in [1.165, 1.54) is 12.1 Å².